The summed E-state index contributed by atoms with van der Waals surface area (Å²) in [7, 11) is -5.24. The molecule has 0 aromatic carbocycles. The Balaban J connectivity index is 0.00000420. The first-order chi connectivity index (χ1) is 13.1. The molecule has 1 saturated heterocycles. The van der Waals surface area contributed by atoms with E-state index in [0.717, 1.165) is 11.4 Å². The number of aliphatic imine (C=N–C) groups is 1. The Morgan fingerprint density at radius 2 is 1.93 bits per heavy atom. The van der Waals surface area contributed by atoms with Crippen molar-refractivity contribution in [2.75, 3.05) is 26.2 Å². The second-order valence-electron chi connectivity index (χ2n) is 6.64. The fourth-order valence-electron chi connectivity index (χ4n) is 2.93. The number of aryl methyl sites for hydroxylation is 1. The number of hydrogen-bond donors (Lipinski definition) is 2. The van der Waals surface area contributed by atoms with Crippen molar-refractivity contribution in [2.24, 2.45) is 10.9 Å². The van der Waals surface area contributed by atoms with Crippen molar-refractivity contribution in [3.05, 3.63) is 29.6 Å². The van der Waals surface area contributed by atoms with Crippen LogP contribution in [0.4, 0.5) is 13.2 Å². The summed E-state index contributed by atoms with van der Waals surface area (Å²) in [6.07, 6.45) is 0.725. The molecule has 0 saturated carbocycles. The Hall–Kier alpha value is -1.15. The summed E-state index contributed by atoms with van der Waals surface area (Å²) >= 11 is 0. The molecule has 1 aliphatic heterocycles. The first-order valence-electron chi connectivity index (χ1n) is 9.14. The molecule has 0 amide bonds. The van der Waals surface area contributed by atoms with Gasteiger partial charge < -0.3 is 10.6 Å². The van der Waals surface area contributed by atoms with Gasteiger partial charge in [0.1, 0.15) is 0 Å². The van der Waals surface area contributed by atoms with E-state index in [4.69, 9.17) is 0 Å². The van der Waals surface area contributed by atoms with Crippen LogP contribution >= 0.6 is 24.0 Å². The van der Waals surface area contributed by atoms with Crippen molar-refractivity contribution in [1.29, 1.82) is 0 Å². The lowest BCUT2D eigenvalue weighted by Gasteiger charge is -2.31. The third kappa shape index (κ3) is 7.55. The van der Waals surface area contributed by atoms with E-state index >= 15 is 0 Å². The van der Waals surface area contributed by atoms with Crippen LogP contribution in [0.3, 0.4) is 0 Å². The van der Waals surface area contributed by atoms with Crippen molar-refractivity contribution in [2.45, 2.75) is 38.7 Å². The molecular weight excluding hydrogens is 522 g/mol. The fraction of sp³-hybridized carbons (Fsp3) is 0.647. The molecule has 1 aromatic heterocycles. The monoisotopic (exact) mass is 549 g/mol. The summed E-state index contributed by atoms with van der Waals surface area (Å²) in [5.41, 5.74) is -3.50. The van der Waals surface area contributed by atoms with E-state index in [1.165, 1.54) is 0 Å². The van der Waals surface area contributed by atoms with Crippen molar-refractivity contribution in [3.63, 3.8) is 0 Å². The number of nitrogens with zero attached hydrogens (tertiary/aromatic N) is 3. The van der Waals surface area contributed by atoms with Crippen LogP contribution in [0.25, 0.3) is 0 Å². The lowest BCUT2D eigenvalue weighted by Crippen LogP contribution is -2.47. The van der Waals surface area contributed by atoms with Crippen LogP contribution in [0.5, 0.6) is 0 Å². The zero-order valence-corrected chi connectivity index (χ0v) is 19.5. The number of sulfonamides is 1. The predicted molar refractivity (Wildman–Crippen MR) is 116 cm³/mol. The molecule has 1 aromatic rings. The first kappa shape index (κ1) is 25.9. The average Bonchev–Trinajstić information content (AvgIpc) is 2.63. The zero-order chi connectivity index (χ0) is 20.8. The Morgan fingerprint density at radius 1 is 1.28 bits per heavy atom. The van der Waals surface area contributed by atoms with Gasteiger partial charge in [0.25, 0.3) is 0 Å². The highest BCUT2D eigenvalue weighted by atomic mass is 127. The highest BCUT2D eigenvalue weighted by Crippen LogP contribution is 2.30. The number of hydrogen-bond acceptors (Lipinski definition) is 4. The molecule has 166 valence electrons. The van der Waals surface area contributed by atoms with Gasteiger partial charge in [-0.25, -0.2) is 13.4 Å². The molecule has 0 aliphatic carbocycles. The van der Waals surface area contributed by atoms with Crippen molar-refractivity contribution >= 4 is 40.0 Å². The molecule has 2 heterocycles. The van der Waals surface area contributed by atoms with Gasteiger partial charge >= 0.3 is 15.5 Å². The van der Waals surface area contributed by atoms with Crippen LogP contribution in [0.15, 0.2) is 23.2 Å². The molecule has 2 rings (SSSR count). The van der Waals surface area contributed by atoms with E-state index in [-0.39, 0.29) is 43.0 Å². The maximum atomic E-state index is 12.6. The number of rotatable bonds is 6. The third-order valence-corrected chi connectivity index (χ3v) is 6.08. The summed E-state index contributed by atoms with van der Waals surface area (Å²) in [5.74, 6) is 0.664. The number of aromatic nitrogens is 1. The van der Waals surface area contributed by atoms with Gasteiger partial charge in [-0.3, -0.25) is 4.98 Å². The van der Waals surface area contributed by atoms with E-state index in [2.05, 4.69) is 20.6 Å². The molecule has 0 unspecified atom stereocenters. The number of piperidine rings is 1. The number of alkyl halides is 3. The Kier molecular flexibility index (Phi) is 10.1. The minimum absolute atomic E-state index is 0. The van der Waals surface area contributed by atoms with Crippen molar-refractivity contribution in [3.8, 4) is 0 Å². The van der Waals surface area contributed by atoms with Crippen molar-refractivity contribution in [1.82, 2.24) is 19.9 Å². The topological polar surface area (TPSA) is 86.7 Å². The molecule has 12 heteroatoms. The standard InChI is InChI=1S/C17H26F3N5O2S.HI/c1-3-21-16(23-12-15-6-4-5-13(2)24-15)22-11-14-7-9-25(10-8-14)28(26,27)17(18,19)20;/h4-6,14H,3,7-12H2,1-2H3,(H2,21,22,23);1H. The smallest absolute Gasteiger partial charge is 0.357 e. The van der Waals surface area contributed by atoms with Gasteiger partial charge in [0.05, 0.1) is 12.2 Å². The lowest BCUT2D eigenvalue weighted by atomic mass is 9.98. The van der Waals surface area contributed by atoms with E-state index in [9.17, 15) is 21.6 Å². The molecule has 7 nitrogen and oxygen atoms in total. The Labute approximate surface area is 186 Å². The number of pyridine rings is 1. The van der Waals surface area contributed by atoms with Gasteiger partial charge in [0.15, 0.2) is 5.96 Å². The van der Waals surface area contributed by atoms with Crippen LogP contribution in [0.2, 0.25) is 0 Å². The third-order valence-electron chi connectivity index (χ3n) is 4.45. The maximum Gasteiger partial charge on any atom is 0.511 e. The van der Waals surface area contributed by atoms with Crippen LogP contribution in [0, 0.1) is 12.8 Å². The zero-order valence-electron chi connectivity index (χ0n) is 16.4. The van der Waals surface area contributed by atoms with Gasteiger partial charge in [-0.2, -0.15) is 17.5 Å². The SMILES string of the molecule is CCNC(=NCc1cccc(C)n1)NCC1CCN(S(=O)(=O)C(F)(F)F)CC1.I. The summed E-state index contributed by atoms with van der Waals surface area (Å²) in [6.45, 7) is 5.15. The molecule has 2 N–H and O–H groups in total. The van der Waals surface area contributed by atoms with Gasteiger partial charge in [-0.15, -0.1) is 24.0 Å². The average molecular weight is 549 g/mol. The molecule has 1 aliphatic rings. The minimum Gasteiger partial charge on any atom is -0.357 e. The largest absolute Gasteiger partial charge is 0.511 e. The fourth-order valence-corrected chi connectivity index (χ4v) is 3.91. The van der Waals surface area contributed by atoms with Crippen LogP contribution < -0.4 is 10.6 Å². The molecule has 0 atom stereocenters. The van der Waals surface area contributed by atoms with Crippen molar-refractivity contribution < 1.29 is 21.6 Å². The highest BCUT2D eigenvalue weighted by Gasteiger charge is 2.50. The van der Waals surface area contributed by atoms with Gasteiger partial charge in [-0.1, -0.05) is 6.07 Å². The molecule has 0 bridgehead atoms. The highest BCUT2D eigenvalue weighted by molar-refractivity contribution is 14.0. The quantitative estimate of drug-likeness (QED) is 0.324. The maximum absolute atomic E-state index is 12.6. The molecule has 29 heavy (non-hydrogen) atoms. The lowest BCUT2D eigenvalue weighted by molar-refractivity contribution is -0.0496. The van der Waals surface area contributed by atoms with E-state index in [0.29, 0.717) is 42.7 Å². The van der Waals surface area contributed by atoms with E-state index < -0.39 is 15.5 Å². The molecule has 0 spiro atoms. The van der Waals surface area contributed by atoms with Gasteiger partial charge in [0, 0.05) is 31.9 Å². The van der Waals surface area contributed by atoms with E-state index in [1.807, 2.05) is 32.0 Å². The van der Waals surface area contributed by atoms with Crippen LogP contribution in [-0.4, -0.2) is 55.4 Å². The van der Waals surface area contributed by atoms with E-state index in [1.54, 1.807) is 0 Å². The Morgan fingerprint density at radius 3 is 2.48 bits per heavy atom. The van der Waals surface area contributed by atoms with Crippen LogP contribution in [0.1, 0.15) is 31.2 Å². The predicted octanol–water partition coefficient (Wildman–Crippen LogP) is 2.62. The first-order valence-corrected chi connectivity index (χ1v) is 10.6. The second-order valence-corrected chi connectivity index (χ2v) is 8.57. The molecule has 0 radical (unpaired) electrons. The van der Waals surface area contributed by atoms with Gasteiger partial charge in [0.2, 0.25) is 0 Å². The normalized spacial score (nSPS) is 16.9. The minimum atomic E-state index is -5.24. The van der Waals surface area contributed by atoms with Gasteiger partial charge in [-0.05, 0) is 44.7 Å². The summed E-state index contributed by atoms with van der Waals surface area (Å²) in [5, 5.41) is 6.30. The number of nitrogens with one attached hydrogen (secondary N) is 2. The number of halogens is 4. The second kappa shape index (κ2) is 11.3. The Bertz CT molecular complexity index is 782. The van der Waals surface area contributed by atoms with Crippen LogP contribution in [-0.2, 0) is 16.6 Å². The summed E-state index contributed by atoms with van der Waals surface area (Å²) in [6, 6.07) is 5.70. The molecular formula is C17H27F3IN5O2S. The molecule has 1 fully saturated rings. The summed E-state index contributed by atoms with van der Waals surface area (Å²) < 4.78 is 61.3. The summed E-state index contributed by atoms with van der Waals surface area (Å²) in [4.78, 5) is 8.86. The number of guanidine groups is 1.